The summed E-state index contributed by atoms with van der Waals surface area (Å²) in [6, 6.07) is 2.80. The third-order valence-electron chi connectivity index (χ3n) is 2.82. The normalized spacial score (nSPS) is 13.5. The molecule has 0 aliphatic heterocycles. The number of aliphatic hydroxyl groups excluding tert-OH is 1. The van der Waals surface area contributed by atoms with Crippen LogP contribution in [0.5, 0.6) is 5.75 Å². The lowest BCUT2D eigenvalue weighted by Gasteiger charge is -2.16. The quantitative estimate of drug-likeness (QED) is 0.659. The molecule has 8 heteroatoms. The number of benzene rings is 1. The Morgan fingerprint density at radius 2 is 2.05 bits per heavy atom. The molecule has 114 valence electrons. The lowest BCUT2D eigenvalue weighted by atomic mass is 10.1. The van der Waals surface area contributed by atoms with Crippen molar-refractivity contribution in [2.24, 2.45) is 5.92 Å². The van der Waals surface area contributed by atoms with Gasteiger partial charge in [0.15, 0.2) is 0 Å². The van der Waals surface area contributed by atoms with Gasteiger partial charge in [0.1, 0.15) is 10.6 Å². The van der Waals surface area contributed by atoms with Gasteiger partial charge in [0.2, 0.25) is 10.0 Å². The first-order chi connectivity index (χ1) is 9.19. The second kappa shape index (κ2) is 6.75. The van der Waals surface area contributed by atoms with Crippen LogP contribution >= 0.6 is 15.9 Å². The SMILES string of the molecule is COc1cc(Br)c(N)cc1S(=O)(=O)NCC(O)C(C)C. The number of nitrogen functional groups attached to an aromatic ring is 1. The van der Waals surface area contributed by atoms with Gasteiger partial charge in [-0.25, -0.2) is 13.1 Å². The third kappa shape index (κ3) is 4.08. The monoisotopic (exact) mass is 366 g/mol. The van der Waals surface area contributed by atoms with Gasteiger partial charge in [-0.2, -0.15) is 0 Å². The molecule has 6 nitrogen and oxygen atoms in total. The van der Waals surface area contributed by atoms with Crippen LogP contribution in [0.15, 0.2) is 21.5 Å². The van der Waals surface area contributed by atoms with Crippen molar-refractivity contribution in [2.45, 2.75) is 24.8 Å². The van der Waals surface area contributed by atoms with Crippen LogP contribution in [0, 0.1) is 5.92 Å². The fourth-order valence-electron chi connectivity index (χ4n) is 1.43. The van der Waals surface area contributed by atoms with E-state index in [4.69, 9.17) is 10.5 Å². The Morgan fingerprint density at radius 1 is 1.45 bits per heavy atom. The first kappa shape index (κ1) is 17.2. The van der Waals surface area contributed by atoms with Crippen LogP contribution in [0.1, 0.15) is 13.8 Å². The highest BCUT2D eigenvalue weighted by Gasteiger charge is 2.22. The number of hydrogen-bond acceptors (Lipinski definition) is 5. The lowest BCUT2D eigenvalue weighted by Crippen LogP contribution is -2.34. The number of nitrogens with one attached hydrogen (secondary N) is 1. The van der Waals surface area contributed by atoms with Crippen LogP contribution in [0.2, 0.25) is 0 Å². The van der Waals surface area contributed by atoms with Gasteiger partial charge < -0.3 is 15.6 Å². The van der Waals surface area contributed by atoms with Crippen LogP contribution in [0.25, 0.3) is 0 Å². The predicted octanol–water partition coefficient (Wildman–Crippen LogP) is 1.34. The molecule has 0 saturated carbocycles. The minimum absolute atomic E-state index is 0.0467. The molecular formula is C12H19BrN2O4S. The summed E-state index contributed by atoms with van der Waals surface area (Å²) in [6.07, 6.45) is -0.761. The standard InChI is InChI=1S/C12H19BrN2O4S/c1-7(2)10(16)6-15-20(17,18)12-5-9(14)8(13)4-11(12)19-3/h4-5,7,10,15-16H,6,14H2,1-3H3. The summed E-state index contributed by atoms with van der Waals surface area (Å²) >= 11 is 3.21. The summed E-state index contributed by atoms with van der Waals surface area (Å²) in [5.41, 5.74) is 5.99. The molecule has 1 rings (SSSR count). The van der Waals surface area contributed by atoms with Gasteiger partial charge in [0, 0.05) is 16.7 Å². The Bertz CT molecular complexity index is 575. The lowest BCUT2D eigenvalue weighted by molar-refractivity contribution is 0.129. The molecule has 1 unspecified atom stereocenters. The molecule has 1 aromatic carbocycles. The van der Waals surface area contributed by atoms with E-state index in [1.807, 2.05) is 0 Å². The van der Waals surface area contributed by atoms with E-state index in [1.54, 1.807) is 13.8 Å². The summed E-state index contributed by atoms with van der Waals surface area (Å²) in [6.45, 7) is 3.54. The van der Waals surface area contributed by atoms with Crippen molar-refractivity contribution in [3.8, 4) is 5.75 Å². The minimum atomic E-state index is -3.81. The van der Waals surface area contributed by atoms with Crippen LogP contribution in [-0.4, -0.2) is 33.3 Å². The highest BCUT2D eigenvalue weighted by molar-refractivity contribution is 9.10. The second-order valence-electron chi connectivity index (χ2n) is 4.69. The summed E-state index contributed by atoms with van der Waals surface area (Å²) in [5, 5.41) is 9.67. The van der Waals surface area contributed by atoms with Crippen molar-refractivity contribution in [3.63, 3.8) is 0 Å². The molecule has 0 fully saturated rings. The van der Waals surface area contributed by atoms with E-state index < -0.39 is 16.1 Å². The fraction of sp³-hybridized carbons (Fsp3) is 0.500. The Balaban J connectivity index is 3.06. The molecule has 0 heterocycles. The third-order valence-corrected chi connectivity index (χ3v) is 4.96. The van der Waals surface area contributed by atoms with Gasteiger partial charge in [-0.1, -0.05) is 13.8 Å². The Morgan fingerprint density at radius 3 is 2.55 bits per heavy atom. The van der Waals surface area contributed by atoms with Crippen LogP contribution in [-0.2, 0) is 10.0 Å². The van der Waals surface area contributed by atoms with Gasteiger partial charge in [-0.3, -0.25) is 0 Å². The molecule has 0 saturated heterocycles. The number of ether oxygens (including phenoxy) is 1. The van der Waals surface area contributed by atoms with Crippen LogP contribution in [0.3, 0.4) is 0 Å². The first-order valence-electron chi connectivity index (χ1n) is 5.99. The van der Waals surface area contributed by atoms with E-state index in [0.29, 0.717) is 4.47 Å². The van der Waals surface area contributed by atoms with E-state index >= 15 is 0 Å². The smallest absolute Gasteiger partial charge is 0.244 e. The molecule has 4 N–H and O–H groups in total. The highest BCUT2D eigenvalue weighted by atomic mass is 79.9. The van der Waals surface area contributed by atoms with E-state index in [-0.39, 0.29) is 28.8 Å². The number of halogens is 1. The topological polar surface area (TPSA) is 102 Å². The maximum Gasteiger partial charge on any atom is 0.244 e. The zero-order chi connectivity index (χ0) is 15.5. The highest BCUT2D eigenvalue weighted by Crippen LogP contribution is 2.32. The van der Waals surface area contributed by atoms with Gasteiger partial charge in [0.05, 0.1) is 13.2 Å². The van der Waals surface area contributed by atoms with E-state index in [2.05, 4.69) is 20.7 Å². The molecule has 0 spiro atoms. The number of rotatable bonds is 6. The van der Waals surface area contributed by atoms with Crippen molar-refractivity contribution in [1.29, 1.82) is 0 Å². The zero-order valence-electron chi connectivity index (χ0n) is 11.6. The van der Waals surface area contributed by atoms with Gasteiger partial charge in [0.25, 0.3) is 0 Å². The van der Waals surface area contributed by atoms with Gasteiger partial charge in [-0.05, 0) is 34.0 Å². The molecular weight excluding hydrogens is 348 g/mol. The van der Waals surface area contributed by atoms with Gasteiger partial charge in [-0.15, -0.1) is 0 Å². The maximum atomic E-state index is 12.2. The van der Waals surface area contributed by atoms with Crippen LogP contribution < -0.4 is 15.2 Å². The number of aliphatic hydroxyl groups is 1. The summed E-state index contributed by atoms with van der Waals surface area (Å²) < 4.78 is 32.4. The Kier molecular flexibility index (Phi) is 5.81. The molecule has 0 aliphatic carbocycles. The largest absolute Gasteiger partial charge is 0.495 e. The predicted molar refractivity (Wildman–Crippen MR) is 81.1 cm³/mol. The van der Waals surface area contributed by atoms with Crippen molar-refractivity contribution in [3.05, 3.63) is 16.6 Å². The van der Waals surface area contributed by atoms with Crippen molar-refractivity contribution < 1.29 is 18.3 Å². The molecule has 0 radical (unpaired) electrons. The first-order valence-corrected chi connectivity index (χ1v) is 8.27. The number of sulfonamides is 1. The van der Waals surface area contributed by atoms with Crippen molar-refractivity contribution in [2.75, 3.05) is 19.4 Å². The molecule has 1 atom stereocenters. The number of anilines is 1. The molecule has 0 bridgehead atoms. The minimum Gasteiger partial charge on any atom is -0.495 e. The Hall–Kier alpha value is -0.830. The second-order valence-corrected chi connectivity index (χ2v) is 7.28. The molecule has 0 aliphatic rings. The summed E-state index contributed by atoms with van der Waals surface area (Å²) in [4.78, 5) is -0.0587. The van der Waals surface area contributed by atoms with E-state index in [0.717, 1.165) is 0 Å². The Labute approximate surface area is 127 Å². The summed E-state index contributed by atoms with van der Waals surface area (Å²) in [7, 11) is -2.43. The fourth-order valence-corrected chi connectivity index (χ4v) is 2.99. The average molecular weight is 367 g/mol. The molecule has 1 aromatic rings. The van der Waals surface area contributed by atoms with E-state index in [1.165, 1.54) is 19.2 Å². The molecule has 0 amide bonds. The number of methoxy groups -OCH3 is 1. The summed E-state index contributed by atoms with van der Waals surface area (Å²) in [5.74, 6) is 0.132. The van der Waals surface area contributed by atoms with Crippen molar-refractivity contribution >= 4 is 31.6 Å². The average Bonchev–Trinajstić information content (AvgIpc) is 2.38. The number of nitrogens with two attached hydrogens (primary N) is 1. The van der Waals surface area contributed by atoms with Crippen molar-refractivity contribution in [1.82, 2.24) is 4.72 Å². The van der Waals surface area contributed by atoms with Crippen LogP contribution in [0.4, 0.5) is 5.69 Å². The molecule has 0 aromatic heterocycles. The van der Waals surface area contributed by atoms with E-state index in [9.17, 15) is 13.5 Å². The zero-order valence-corrected chi connectivity index (χ0v) is 14.0. The number of hydrogen-bond donors (Lipinski definition) is 3. The van der Waals surface area contributed by atoms with Gasteiger partial charge >= 0.3 is 0 Å². The maximum absolute atomic E-state index is 12.2. The molecule has 20 heavy (non-hydrogen) atoms.